The molecule has 2 rings (SSSR count). The Morgan fingerprint density at radius 2 is 1.94 bits per heavy atom. The lowest BCUT2D eigenvalue weighted by Gasteiger charge is -2.18. The Balaban J connectivity index is 2.66. The first-order chi connectivity index (χ1) is 7.55. The molecule has 0 heterocycles. The standard InChI is InChI=1S/C11H12F3NO/c1-16-10-7(13)4-6(12)9(14)8(10)11(5-15)2-3-11/h4H,2-3,5,15H2,1H3. The molecule has 2 nitrogen and oxygen atoms in total. The van der Waals surface area contributed by atoms with Gasteiger partial charge < -0.3 is 10.5 Å². The Morgan fingerprint density at radius 3 is 2.38 bits per heavy atom. The van der Waals surface area contributed by atoms with E-state index in [9.17, 15) is 13.2 Å². The summed E-state index contributed by atoms with van der Waals surface area (Å²) in [4.78, 5) is 0. The Kier molecular flexibility index (Phi) is 2.58. The molecule has 5 heteroatoms. The second kappa shape index (κ2) is 3.66. The van der Waals surface area contributed by atoms with Gasteiger partial charge in [0.15, 0.2) is 23.2 Å². The van der Waals surface area contributed by atoms with Gasteiger partial charge in [0, 0.05) is 23.6 Å². The predicted molar refractivity (Wildman–Crippen MR) is 52.8 cm³/mol. The number of rotatable bonds is 3. The lowest BCUT2D eigenvalue weighted by Crippen LogP contribution is -2.23. The summed E-state index contributed by atoms with van der Waals surface area (Å²) in [5.41, 5.74) is 4.81. The molecule has 0 amide bonds. The third-order valence-corrected chi connectivity index (χ3v) is 3.11. The van der Waals surface area contributed by atoms with Crippen molar-refractivity contribution in [3.8, 4) is 5.75 Å². The van der Waals surface area contributed by atoms with Crippen LogP contribution in [0.5, 0.6) is 5.75 Å². The van der Waals surface area contributed by atoms with Crippen LogP contribution >= 0.6 is 0 Å². The van der Waals surface area contributed by atoms with Gasteiger partial charge in [-0.2, -0.15) is 0 Å². The number of hydrogen-bond donors (Lipinski definition) is 1. The third kappa shape index (κ3) is 1.46. The first-order valence-corrected chi connectivity index (χ1v) is 4.98. The smallest absolute Gasteiger partial charge is 0.168 e. The second-order valence-electron chi connectivity index (χ2n) is 4.05. The van der Waals surface area contributed by atoms with Gasteiger partial charge in [0.05, 0.1) is 7.11 Å². The third-order valence-electron chi connectivity index (χ3n) is 3.11. The highest BCUT2D eigenvalue weighted by molar-refractivity contribution is 5.46. The van der Waals surface area contributed by atoms with Gasteiger partial charge in [-0.3, -0.25) is 0 Å². The van der Waals surface area contributed by atoms with E-state index in [1.807, 2.05) is 0 Å². The Labute approximate surface area is 91.2 Å². The first kappa shape index (κ1) is 11.3. The molecule has 1 aliphatic carbocycles. The van der Waals surface area contributed by atoms with Crippen LogP contribution in [-0.4, -0.2) is 13.7 Å². The second-order valence-corrected chi connectivity index (χ2v) is 4.05. The van der Waals surface area contributed by atoms with E-state index in [0.717, 1.165) is 0 Å². The van der Waals surface area contributed by atoms with Crippen LogP contribution in [0.2, 0.25) is 0 Å². The molecule has 0 atom stereocenters. The molecule has 0 unspecified atom stereocenters. The quantitative estimate of drug-likeness (QED) is 0.808. The zero-order valence-electron chi connectivity index (χ0n) is 8.82. The summed E-state index contributed by atoms with van der Waals surface area (Å²) in [7, 11) is 1.23. The highest BCUT2D eigenvalue weighted by Gasteiger charge is 2.48. The highest BCUT2D eigenvalue weighted by atomic mass is 19.2. The molecule has 1 aromatic carbocycles. The van der Waals surface area contributed by atoms with Crippen LogP contribution in [0.4, 0.5) is 13.2 Å². The molecule has 88 valence electrons. The van der Waals surface area contributed by atoms with Gasteiger partial charge in [-0.1, -0.05) is 0 Å². The topological polar surface area (TPSA) is 35.2 Å². The number of methoxy groups -OCH3 is 1. The molecule has 0 radical (unpaired) electrons. The van der Waals surface area contributed by atoms with Crippen molar-refractivity contribution in [2.75, 3.05) is 13.7 Å². The highest BCUT2D eigenvalue weighted by Crippen LogP contribution is 2.52. The molecule has 1 aliphatic rings. The molecule has 0 saturated heterocycles. The molecule has 0 spiro atoms. The Morgan fingerprint density at radius 1 is 1.31 bits per heavy atom. The van der Waals surface area contributed by atoms with Crippen LogP contribution in [0.15, 0.2) is 6.07 Å². The van der Waals surface area contributed by atoms with Gasteiger partial charge in [-0.05, 0) is 12.8 Å². The molecule has 1 aromatic rings. The summed E-state index contributed by atoms with van der Waals surface area (Å²) >= 11 is 0. The van der Waals surface area contributed by atoms with E-state index in [-0.39, 0.29) is 17.9 Å². The minimum atomic E-state index is -1.20. The van der Waals surface area contributed by atoms with Crippen LogP contribution in [0.25, 0.3) is 0 Å². The lowest BCUT2D eigenvalue weighted by molar-refractivity contribution is 0.360. The molecule has 0 aliphatic heterocycles. The van der Waals surface area contributed by atoms with Crippen LogP contribution in [0, 0.1) is 17.5 Å². The van der Waals surface area contributed by atoms with Gasteiger partial charge in [-0.15, -0.1) is 0 Å². The SMILES string of the molecule is COc1c(F)cc(F)c(F)c1C1(CN)CC1. The van der Waals surface area contributed by atoms with E-state index in [4.69, 9.17) is 10.5 Å². The van der Waals surface area contributed by atoms with Gasteiger partial charge >= 0.3 is 0 Å². The van der Waals surface area contributed by atoms with E-state index in [1.165, 1.54) is 7.11 Å². The maximum Gasteiger partial charge on any atom is 0.168 e. The number of halogens is 3. The molecule has 0 aromatic heterocycles. The molecule has 0 bridgehead atoms. The summed E-state index contributed by atoms with van der Waals surface area (Å²) in [5.74, 6) is -3.38. The van der Waals surface area contributed by atoms with Gasteiger partial charge in [0.1, 0.15) is 0 Å². The summed E-state index contributed by atoms with van der Waals surface area (Å²) in [6, 6.07) is 0.490. The fourth-order valence-electron chi connectivity index (χ4n) is 1.96. The summed E-state index contributed by atoms with van der Waals surface area (Å²) in [6.45, 7) is 0.156. The molecular weight excluding hydrogens is 219 g/mol. The van der Waals surface area contributed by atoms with Crippen molar-refractivity contribution in [3.63, 3.8) is 0 Å². The van der Waals surface area contributed by atoms with Gasteiger partial charge in [0.2, 0.25) is 0 Å². The number of hydrogen-bond acceptors (Lipinski definition) is 2. The van der Waals surface area contributed by atoms with Crippen LogP contribution in [-0.2, 0) is 5.41 Å². The molecule has 2 N–H and O–H groups in total. The van der Waals surface area contributed by atoms with Gasteiger partial charge in [-0.25, -0.2) is 13.2 Å². The maximum absolute atomic E-state index is 13.7. The van der Waals surface area contributed by atoms with Crippen molar-refractivity contribution in [2.45, 2.75) is 18.3 Å². The summed E-state index contributed by atoms with van der Waals surface area (Å²) in [5, 5.41) is 0. The monoisotopic (exact) mass is 231 g/mol. The van der Waals surface area contributed by atoms with Crippen LogP contribution < -0.4 is 10.5 Å². The van der Waals surface area contributed by atoms with Crippen LogP contribution in [0.3, 0.4) is 0 Å². The minimum Gasteiger partial charge on any atom is -0.493 e. The predicted octanol–water partition coefficient (Wildman–Crippen LogP) is 2.10. The van der Waals surface area contributed by atoms with Gasteiger partial charge in [0.25, 0.3) is 0 Å². The minimum absolute atomic E-state index is 0.0602. The first-order valence-electron chi connectivity index (χ1n) is 4.98. The molecule has 1 saturated carbocycles. The van der Waals surface area contributed by atoms with E-state index in [0.29, 0.717) is 18.9 Å². The summed E-state index contributed by atoms with van der Waals surface area (Å²) in [6.07, 6.45) is 1.25. The number of nitrogens with two attached hydrogens (primary N) is 1. The number of benzene rings is 1. The van der Waals surface area contributed by atoms with E-state index < -0.39 is 22.9 Å². The van der Waals surface area contributed by atoms with Crippen molar-refractivity contribution < 1.29 is 17.9 Å². The number of ether oxygens (including phenoxy) is 1. The Bertz CT molecular complexity index is 430. The van der Waals surface area contributed by atoms with Crippen molar-refractivity contribution >= 4 is 0 Å². The van der Waals surface area contributed by atoms with Crippen molar-refractivity contribution in [1.29, 1.82) is 0 Å². The average molecular weight is 231 g/mol. The van der Waals surface area contributed by atoms with E-state index >= 15 is 0 Å². The summed E-state index contributed by atoms with van der Waals surface area (Å²) < 4.78 is 45.0. The fraction of sp³-hybridized carbons (Fsp3) is 0.455. The zero-order valence-corrected chi connectivity index (χ0v) is 8.82. The fourth-order valence-corrected chi connectivity index (χ4v) is 1.96. The van der Waals surface area contributed by atoms with Crippen molar-refractivity contribution in [2.24, 2.45) is 5.73 Å². The lowest BCUT2D eigenvalue weighted by atomic mass is 9.94. The van der Waals surface area contributed by atoms with E-state index in [2.05, 4.69) is 0 Å². The van der Waals surface area contributed by atoms with E-state index in [1.54, 1.807) is 0 Å². The molecule has 1 fully saturated rings. The van der Waals surface area contributed by atoms with Crippen LogP contribution in [0.1, 0.15) is 18.4 Å². The molecule has 16 heavy (non-hydrogen) atoms. The van der Waals surface area contributed by atoms with Crippen molar-refractivity contribution in [1.82, 2.24) is 0 Å². The zero-order chi connectivity index (χ0) is 11.9. The van der Waals surface area contributed by atoms with Crippen molar-refractivity contribution in [3.05, 3.63) is 29.1 Å². The normalized spacial score (nSPS) is 17.3. The average Bonchev–Trinajstić information content (AvgIpc) is 3.03. The molecular formula is C11H12F3NO. The maximum atomic E-state index is 13.7. The Hall–Kier alpha value is -1.23. The largest absolute Gasteiger partial charge is 0.493 e.